The summed E-state index contributed by atoms with van der Waals surface area (Å²) in [6, 6.07) is 5.89. The number of fused-ring (bicyclic) bond motifs is 1. The summed E-state index contributed by atoms with van der Waals surface area (Å²) in [4.78, 5) is 4.49. The molecule has 0 bridgehead atoms. The molecule has 0 fully saturated rings. The number of rotatable bonds is 3. The molecule has 1 aromatic carbocycles. The van der Waals surface area contributed by atoms with E-state index in [0.29, 0.717) is 6.54 Å². The number of sulfonamides is 1. The van der Waals surface area contributed by atoms with Crippen molar-refractivity contribution in [2.75, 3.05) is 29.5 Å². The van der Waals surface area contributed by atoms with Gasteiger partial charge in [0.15, 0.2) is 5.13 Å². The molecule has 2 aromatic rings. The van der Waals surface area contributed by atoms with Gasteiger partial charge >= 0.3 is 0 Å². The molecule has 5 nitrogen and oxygen atoms in total. The Kier molecular flexibility index (Phi) is 3.62. The van der Waals surface area contributed by atoms with Crippen LogP contribution in [0, 0.1) is 0 Å². The molecular weight excluding hydrogens is 306 g/mol. The van der Waals surface area contributed by atoms with Crippen molar-refractivity contribution in [3.05, 3.63) is 29.1 Å². The second kappa shape index (κ2) is 5.31. The van der Waals surface area contributed by atoms with Crippen LogP contribution in [0.3, 0.4) is 0 Å². The Morgan fingerprint density at radius 2 is 2.19 bits per heavy atom. The lowest BCUT2D eigenvalue weighted by molar-refractivity contribution is 0.592. The Labute approximate surface area is 128 Å². The maximum Gasteiger partial charge on any atom is 0.232 e. The molecule has 0 unspecified atom stereocenters. The third-order valence-electron chi connectivity index (χ3n) is 3.57. The predicted molar refractivity (Wildman–Crippen MR) is 87.6 cm³/mol. The van der Waals surface area contributed by atoms with Gasteiger partial charge in [-0.3, -0.25) is 4.31 Å². The zero-order chi connectivity index (χ0) is 15.0. The van der Waals surface area contributed by atoms with Gasteiger partial charge in [-0.1, -0.05) is 6.07 Å². The zero-order valence-electron chi connectivity index (χ0n) is 12.0. The summed E-state index contributed by atoms with van der Waals surface area (Å²) in [5, 5.41) is 5.91. The van der Waals surface area contributed by atoms with Crippen molar-refractivity contribution in [3.8, 4) is 11.3 Å². The number of benzene rings is 1. The van der Waals surface area contributed by atoms with E-state index in [1.807, 2.05) is 24.6 Å². The number of thiazole rings is 1. The number of aryl methyl sites for hydroxylation is 1. The first-order valence-corrected chi connectivity index (χ1v) is 9.46. The van der Waals surface area contributed by atoms with Crippen LogP contribution in [0.2, 0.25) is 0 Å². The molecule has 0 amide bonds. The smallest absolute Gasteiger partial charge is 0.232 e. The van der Waals surface area contributed by atoms with E-state index in [-0.39, 0.29) is 0 Å². The number of hydrogen-bond donors (Lipinski definition) is 1. The van der Waals surface area contributed by atoms with E-state index >= 15 is 0 Å². The molecule has 0 radical (unpaired) electrons. The topological polar surface area (TPSA) is 62.3 Å². The van der Waals surface area contributed by atoms with Crippen LogP contribution in [-0.4, -0.2) is 33.2 Å². The Morgan fingerprint density at radius 3 is 2.86 bits per heavy atom. The molecule has 0 atom stereocenters. The maximum atomic E-state index is 11.9. The van der Waals surface area contributed by atoms with E-state index in [9.17, 15) is 8.42 Å². The van der Waals surface area contributed by atoms with Crippen LogP contribution in [0.25, 0.3) is 11.3 Å². The standard InChI is InChI=1S/C14H17N3O2S2/c1-15-14-16-12(9-20-14)10-5-6-13-11(8-10)4-3-7-17(13)21(2,18)19/h5-6,8-9H,3-4,7H2,1-2H3,(H,15,16). The summed E-state index contributed by atoms with van der Waals surface area (Å²) >= 11 is 1.56. The summed E-state index contributed by atoms with van der Waals surface area (Å²) in [5.74, 6) is 0. The second-order valence-electron chi connectivity index (χ2n) is 5.07. The van der Waals surface area contributed by atoms with Crippen LogP contribution in [0.1, 0.15) is 12.0 Å². The molecule has 2 heterocycles. The van der Waals surface area contributed by atoms with E-state index in [1.54, 1.807) is 11.3 Å². The first-order chi connectivity index (χ1) is 9.99. The van der Waals surface area contributed by atoms with E-state index in [1.165, 1.54) is 10.6 Å². The molecule has 3 rings (SSSR count). The fourth-order valence-corrected chi connectivity index (χ4v) is 4.26. The third kappa shape index (κ3) is 2.75. The largest absolute Gasteiger partial charge is 0.365 e. The molecule has 0 aliphatic carbocycles. The highest BCUT2D eigenvalue weighted by Crippen LogP contribution is 2.33. The van der Waals surface area contributed by atoms with Crippen LogP contribution in [0.15, 0.2) is 23.6 Å². The van der Waals surface area contributed by atoms with Gasteiger partial charge in [-0.2, -0.15) is 0 Å². The summed E-state index contributed by atoms with van der Waals surface area (Å²) in [6.45, 7) is 0.561. The van der Waals surface area contributed by atoms with Gasteiger partial charge in [-0.15, -0.1) is 11.3 Å². The highest BCUT2D eigenvalue weighted by Gasteiger charge is 2.24. The first-order valence-electron chi connectivity index (χ1n) is 6.73. The molecule has 7 heteroatoms. The average molecular weight is 323 g/mol. The second-order valence-corrected chi connectivity index (χ2v) is 7.83. The average Bonchev–Trinajstić information content (AvgIpc) is 2.94. The molecule has 1 aliphatic rings. The Bertz CT molecular complexity index is 768. The maximum absolute atomic E-state index is 11.9. The van der Waals surface area contributed by atoms with Gasteiger partial charge in [0.05, 0.1) is 17.6 Å². The number of hydrogen-bond acceptors (Lipinski definition) is 5. The van der Waals surface area contributed by atoms with Crippen LogP contribution in [-0.2, 0) is 16.4 Å². The van der Waals surface area contributed by atoms with Crippen molar-refractivity contribution < 1.29 is 8.42 Å². The Hall–Kier alpha value is -1.60. The van der Waals surface area contributed by atoms with E-state index in [4.69, 9.17) is 0 Å². The molecule has 1 aromatic heterocycles. The molecule has 112 valence electrons. The highest BCUT2D eigenvalue weighted by molar-refractivity contribution is 7.92. The molecule has 1 aliphatic heterocycles. The van der Waals surface area contributed by atoms with Gasteiger partial charge < -0.3 is 5.32 Å². The fraction of sp³-hybridized carbons (Fsp3) is 0.357. The SMILES string of the molecule is CNc1nc(-c2ccc3c(c2)CCCN3S(C)(=O)=O)cs1. The lowest BCUT2D eigenvalue weighted by Gasteiger charge is -2.29. The first kappa shape index (κ1) is 14.3. The van der Waals surface area contributed by atoms with Crippen molar-refractivity contribution in [2.45, 2.75) is 12.8 Å². The van der Waals surface area contributed by atoms with E-state index < -0.39 is 10.0 Å². The zero-order valence-corrected chi connectivity index (χ0v) is 13.6. The lowest BCUT2D eigenvalue weighted by Crippen LogP contribution is -2.34. The quantitative estimate of drug-likeness (QED) is 0.943. The molecule has 0 saturated carbocycles. The summed E-state index contributed by atoms with van der Waals surface area (Å²) in [7, 11) is -1.36. The van der Waals surface area contributed by atoms with E-state index in [2.05, 4.69) is 16.4 Å². The third-order valence-corrected chi connectivity index (χ3v) is 5.61. The van der Waals surface area contributed by atoms with Gasteiger partial charge in [0, 0.05) is 24.5 Å². The van der Waals surface area contributed by atoms with E-state index in [0.717, 1.165) is 40.5 Å². The van der Waals surface area contributed by atoms with Crippen LogP contribution in [0.5, 0.6) is 0 Å². The molecule has 0 spiro atoms. The molecule has 0 saturated heterocycles. The van der Waals surface area contributed by atoms with Crippen molar-refractivity contribution in [2.24, 2.45) is 0 Å². The Balaban J connectivity index is 2.02. The van der Waals surface area contributed by atoms with Gasteiger partial charge in [0.1, 0.15) is 0 Å². The van der Waals surface area contributed by atoms with Crippen LogP contribution in [0.4, 0.5) is 10.8 Å². The normalized spacial score (nSPS) is 14.9. The Morgan fingerprint density at radius 1 is 1.38 bits per heavy atom. The highest BCUT2D eigenvalue weighted by atomic mass is 32.2. The van der Waals surface area contributed by atoms with Gasteiger partial charge in [0.25, 0.3) is 0 Å². The summed E-state index contributed by atoms with van der Waals surface area (Å²) in [6.07, 6.45) is 3.01. The summed E-state index contributed by atoms with van der Waals surface area (Å²) in [5.41, 5.74) is 3.82. The summed E-state index contributed by atoms with van der Waals surface area (Å²) < 4.78 is 25.2. The van der Waals surface area contributed by atoms with Gasteiger partial charge in [-0.05, 0) is 30.5 Å². The monoisotopic (exact) mass is 323 g/mol. The minimum atomic E-state index is -3.21. The number of nitrogens with zero attached hydrogens (tertiary/aromatic N) is 2. The molecule has 21 heavy (non-hydrogen) atoms. The minimum absolute atomic E-state index is 0.561. The number of anilines is 2. The predicted octanol–water partition coefficient (Wildman–Crippen LogP) is 2.56. The van der Waals surface area contributed by atoms with Crippen molar-refractivity contribution in [3.63, 3.8) is 0 Å². The molecule has 1 N–H and O–H groups in total. The van der Waals surface area contributed by atoms with Crippen molar-refractivity contribution in [1.82, 2.24) is 4.98 Å². The number of aromatic nitrogens is 1. The van der Waals surface area contributed by atoms with Crippen molar-refractivity contribution >= 4 is 32.2 Å². The molecular formula is C14H17N3O2S2. The van der Waals surface area contributed by atoms with Crippen LogP contribution >= 0.6 is 11.3 Å². The minimum Gasteiger partial charge on any atom is -0.365 e. The fourth-order valence-electron chi connectivity index (χ4n) is 2.59. The van der Waals surface area contributed by atoms with Crippen molar-refractivity contribution in [1.29, 1.82) is 0 Å². The van der Waals surface area contributed by atoms with Gasteiger partial charge in [0.2, 0.25) is 10.0 Å². The van der Waals surface area contributed by atoms with Crippen LogP contribution < -0.4 is 9.62 Å². The number of nitrogens with one attached hydrogen (secondary N) is 1. The van der Waals surface area contributed by atoms with Gasteiger partial charge in [-0.25, -0.2) is 13.4 Å². The lowest BCUT2D eigenvalue weighted by atomic mass is 10.00.